The molecule has 3 heterocycles. The van der Waals surface area contributed by atoms with Gasteiger partial charge in [0.1, 0.15) is 5.58 Å². The van der Waals surface area contributed by atoms with Crippen molar-refractivity contribution < 1.29 is 28.6 Å². The van der Waals surface area contributed by atoms with Crippen LogP contribution in [-0.2, 0) is 25.5 Å². The maximum atomic E-state index is 7.84. The number of hydrogen-bond acceptors (Lipinski definition) is 4. The zero-order valence-corrected chi connectivity index (χ0v) is 43.9. The van der Waals surface area contributed by atoms with Gasteiger partial charge in [-0.2, -0.15) is 0 Å². The van der Waals surface area contributed by atoms with E-state index < -0.39 is 6.85 Å². The van der Waals surface area contributed by atoms with Crippen molar-refractivity contribution in [1.29, 1.82) is 0 Å². The van der Waals surface area contributed by atoms with E-state index in [-0.39, 0.29) is 42.9 Å². The topological polar surface area (TPSA) is 56.7 Å². The summed E-state index contributed by atoms with van der Waals surface area (Å²) in [5, 5.41) is 7.02. The summed E-state index contributed by atoms with van der Waals surface area (Å²) in [5.41, 5.74) is 14.1. The number of nitrogens with zero attached hydrogens (tertiary/aromatic N) is 4. The van der Waals surface area contributed by atoms with Crippen molar-refractivity contribution >= 4 is 54.5 Å². The molecule has 3 aromatic heterocycles. The van der Waals surface area contributed by atoms with Crippen LogP contribution in [0.4, 0.5) is 0 Å². The Morgan fingerprint density at radius 2 is 1.29 bits per heavy atom. The molecule has 0 aliphatic carbocycles. The van der Waals surface area contributed by atoms with Crippen LogP contribution >= 0.6 is 0 Å². The van der Waals surface area contributed by atoms with Gasteiger partial charge >= 0.3 is 0 Å². The van der Waals surface area contributed by atoms with Gasteiger partial charge in [0.2, 0.25) is 0 Å². The molecule has 357 valence electrons. The molecule has 0 aliphatic rings. The number of aromatic nitrogens is 4. The second-order valence-electron chi connectivity index (χ2n) is 20.0. The third-order valence-electron chi connectivity index (χ3n) is 13.5. The molecule has 9 aromatic carbocycles. The quantitative estimate of drug-likeness (QED) is 0.118. The Kier molecular flexibility index (Phi) is 12.1. The molecule has 0 saturated heterocycles. The van der Waals surface area contributed by atoms with E-state index in [1.165, 1.54) is 55.6 Å². The number of rotatable bonds is 7. The molecule has 72 heavy (non-hydrogen) atoms. The van der Waals surface area contributed by atoms with Gasteiger partial charge in [0.25, 0.3) is 0 Å². The Labute approximate surface area is 440 Å². The van der Waals surface area contributed by atoms with Crippen LogP contribution in [0.15, 0.2) is 187 Å². The summed E-state index contributed by atoms with van der Waals surface area (Å²) < 4.78 is 32.7. The first-order valence-electron chi connectivity index (χ1n) is 26.0. The molecule has 0 saturated carbocycles. The van der Waals surface area contributed by atoms with Crippen molar-refractivity contribution in [2.75, 3.05) is 0 Å². The molecule has 0 amide bonds. The number of furan rings is 1. The number of benzene rings is 9. The van der Waals surface area contributed by atoms with Crippen LogP contribution in [0.1, 0.15) is 86.8 Å². The van der Waals surface area contributed by atoms with Gasteiger partial charge in [-0.15, -0.1) is 47.5 Å². The Bertz CT molecular complexity index is 4030. The molecule has 12 rings (SSSR count). The summed E-state index contributed by atoms with van der Waals surface area (Å²) in [6.45, 7) is 13.2. The van der Waals surface area contributed by atoms with Crippen LogP contribution in [0.5, 0.6) is 0 Å². The number of fused-ring (bicyclic) bond motifs is 7. The first-order valence-corrected chi connectivity index (χ1v) is 24.5. The minimum absolute atomic E-state index is 0. The van der Waals surface area contributed by atoms with Crippen LogP contribution in [0, 0.1) is 19.0 Å². The molecule has 6 heteroatoms. The molecule has 0 aliphatic heterocycles. The van der Waals surface area contributed by atoms with Gasteiger partial charge in [0, 0.05) is 52.6 Å². The van der Waals surface area contributed by atoms with Gasteiger partial charge in [0.05, 0.1) is 28.3 Å². The summed E-state index contributed by atoms with van der Waals surface area (Å²) in [6.07, 6.45) is 1.73. The monoisotopic (exact) mass is 1120 g/mol. The molecule has 0 N–H and O–H groups in total. The van der Waals surface area contributed by atoms with E-state index in [4.69, 9.17) is 13.5 Å². The third kappa shape index (κ3) is 8.95. The van der Waals surface area contributed by atoms with E-state index in [1.54, 1.807) is 6.20 Å². The first-order chi connectivity index (χ1) is 35.6. The van der Waals surface area contributed by atoms with Crippen LogP contribution < -0.4 is 0 Å². The molecule has 1 radical (unpaired) electrons. The maximum absolute atomic E-state index is 7.84. The average molecular weight is 1120 g/mol. The zero-order valence-electron chi connectivity index (χ0n) is 44.5. The van der Waals surface area contributed by atoms with Gasteiger partial charge in [-0.05, 0) is 104 Å². The van der Waals surface area contributed by atoms with E-state index in [2.05, 4.69) is 196 Å². The predicted molar refractivity (Wildman–Crippen MR) is 296 cm³/mol. The molecular weight excluding hydrogens is 1060 g/mol. The van der Waals surface area contributed by atoms with Gasteiger partial charge in [-0.25, -0.2) is 0 Å². The van der Waals surface area contributed by atoms with Gasteiger partial charge in [-0.1, -0.05) is 181 Å². The van der Waals surface area contributed by atoms with Crippen molar-refractivity contribution in [2.45, 2.75) is 72.6 Å². The Morgan fingerprint density at radius 1 is 0.611 bits per heavy atom. The van der Waals surface area contributed by atoms with E-state index in [1.807, 2.05) is 48.5 Å². The molecule has 0 spiro atoms. The maximum Gasteiger partial charge on any atom is 0.121 e. The van der Waals surface area contributed by atoms with Crippen LogP contribution in [0.25, 0.3) is 105 Å². The summed E-state index contributed by atoms with van der Waals surface area (Å²) in [4.78, 5) is 14.4. The molecule has 0 fully saturated rings. The number of hydrogen-bond donors (Lipinski definition) is 0. The van der Waals surface area contributed by atoms with E-state index in [0.717, 1.165) is 55.6 Å². The van der Waals surface area contributed by atoms with Crippen LogP contribution in [0.2, 0.25) is 0 Å². The van der Waals surface area contributed by atoms with Crippen LogP contribution in [-0.4, -0.2) is 19.5 Å². The SMILES string of the molecule is CC(C)c1cc(-c2ccccc2)cc(C(C)C)c1-n1c(-c2[c-]ccc3c2oc2cc4c(ccc5ccccc54)cc23)nc2ccccc21.[2H]C([2H])([2H])c1c[c-]c(-c2nccc(C(C)(C)C)n2)cc1-c1ccccc1.[Ir]. The second kappa shape index (κ2) is 19.6. The molecular formula is C66H56IrN4O-2. The summed E-state index contributed by atoms with van der Waals surface area (Å²) in [5.74, 6) is 1.95. The normalized spacial score (nSPS) is 12.5. The van der Waals surface area contributed by atoms with Crippen molar-refractivity contribution in [1.82, 2.24) is 19.5 Å². The van der Waals surface area contributed by atoms with Crippen molar-refractivity contribution in [2.24, 2.45) is 0 Å². The van der Waals surface area contributed by atoms with Crippen molar-refractivity contribution in [3.8, 4) is 50.7 Å². The second-order valence-corrected chi connectivity index (χ2v) is 20.0. The Hall–Kier alpha value is -7.50. The molecule has 0 bridgehead atoms. The van der Waals surface area contributed by atoms with E-state index in [0.29, 0.717) is 17.0 Å². The Morgan fingerprint density at radius 3 is 2.01 bits per heavy atom. The molecule has 0 unspecified atom stereocenters. The van der Waals surface area contributed by atoms with E-state index >= 15 is 0 Å². The first kappa shape index (κ1) is 44.4. The van der Waals surface area contributed by atoms with Crippen LogP contribution in [0.3, 0.4) is 0 Å². The molecule has 5 nitrogen and oxygen atoms in total. The Balaban J connectivity index is 0.000000202. The zero-order chi connectivity index (χ0) is 51.5. The smallest absolute Gasteiger partial charge is 0.121 e. The molecule has 0 atom stereocenters. The minimum Gasteiger partial charge on any atom is -0.501 e. The van der Waals surface area contributed by atoms with Gasteiger partial charge in [-0.3, -0.25) is 15.0 Å². The fourth-order valence-corrected chi connectivity index (χ4v) is 9.83. The molecule has 12 aromatic rings. The summed E-state index contributed by atoms with van der Waals surface area (Å²) >= 11 is 0. The van der Waals surface area contributed by atoms with Gasteiger partial charge in [0.15, 0.2) is 0 Å². The predicted octanol–water partition coefficient (Wildman–Crippen LogP) is 17.8. The number of para-hydroxylation sites is 2. The number of imidazole rings is 1. The fourth-order valence-electron chi connectivity index (χ4n) is 9.83. The van der Waals surface area contributed by atoms with Gasteiger partial charge < -0.3 is 8.98 Å². The average Bonchev–Trinajstić information content (AvgIpc) is 3.98. The van der Waals surface area contributed by atoms with Crippen molar-refractivity contribution in [3.63, 3.8) is 0 Å². The largest absolute Gasteiger partial charge is 0.501 e. The minimum atomic E-state index is -2.21. The standard InChI is InChI=1S/C45H35N2O.C21H21N2.Ir/c1-27(2)36-24-32(29-13-6-5-7-14-29)25-37(28(3)4)43(36)47-41-20-11-10-19-40(41)46-45(47)35-18-12-17-34-39-23-31-22-21-30-15-8-9-16-33(30)38(31)26-42(39)48-44(34)35;1-15-10-11-17(14-18(15)16-8-6-5-7-9-16)20-22-13-12-19(23-20)21(2,3)4;/h5-17,19-28H,1-4H3;5-10,12-14H,1-4H3;/q2*-1;/i;1D3;. The van der Waals surface area contributed by atoms with E-state index in [9.17, 15) is 0 Å². The fraction of sp³-hybridized carbons (Fsp3) is 0.167. The summed E-state index contributed by atoms with van der Waals surface area (Å²) in [7, 11) is 0. The number of aryl methyl sites for hydroxylation is 1. The third-order valence-corrected chi connectivity index (χ3v) is 13.5. The van der Waals surface area contributed by atoms with Crippen molar-refractivity contribution in [3.05, 3.63) is 217 Å². The summed E-state index contributed by atoms with van der Waals surface area (Å²) in [6, 6.07) is 66.9.